The zero-order chi connectivity index (χ0) is 13.7. The maximum atomic E-state index is 12.4. The molecule has 0 saturated carbocycles. The second kappa shape index (κ2) is 6.70. The molecule has 0 bridgehead atoms. The average Bonchev–Trinajstić information content (AvgIpc) is 2.85. The molecule has 1 amide bonds. The maximum Gasteiger partial charge on any atom is 0.274 e. The van der Waals surface area contributed by atoms with Crippen molar-refractivity contribution in [1.29, 1.82) is 0 Å². The third kappa shape index (κ3) is 3.80. The average molecular weight is 264 g/mol. The number of hydrogen-bond donors (Lipinski definition) is 1. The van der Waals surface area contributed by atoms with Crippen LogP contribution in [0, 0.1) is 0 Å². The molecular weight excluding hydrogens is 240 g/mol. The number of carbonyl (C=O) groups is 1. The number of hydrogen-bond acceptors (Lipinski definition) is 3. The van der Waals surface area contributed by atoms with E-state index in [1.165, 1.54) is 12.8 Å². The fraction of sp³-hybridized carbons (Fsp3) is 0.714. The van der Waals surface area contributed by atoms with Gasteiger partial charge >= 0.3 is 0 Å². The van der Waals surface area contributed by atoms with Gasteiger partial charge in [-0.3, -0.25) is 9.48 Å². The first kappa shape index (κ1) is 14.1. The molecule has 5 heteroatoms. The summed E-state index contributed by atoms with van der Waals surface area (Å²) in [6.45, 7) is 4.77. The number of amides is 1. The topological polar surface area (TPSA) is 50.2 Å². The minimum atomic E-state index is 0.0508. The maximum absolute atomic E-state index is 12.4. The summed E-state index contributed by atoms with van der Waals surface area (Å²) in [5.41, 5.74) is 0.548. The number of nitrogens with zero attached hydrogens (tertiary/aromatic N) is 3. The predicted octanol–water partition coefficient (Wildman–Crippen LogP) is 1.41. The van der Waals surface area contributed by atoms with Gasteiger partial charge in [-0.25, -0.2) is 0 Å². The summed E-state index contributed by atoms with van der Waals surface area (Å²) in [6, 6.07) is 2.23. The van der Waals surface area contributed by atoms with Crippen LogP contribution in [0.3, 0.4) is 0 Å². The zero-order valence-electron chi connectivity index (χ0n) is 11.9. The van der Waals surface area contributed by atoms with Gasteiger partial charge in [-0.2, -0.15) is 5.10 Å². The van der Waals surface area contributed by atoms with E-state index in [4.69, 9.17) is 0 Å². The Morgan fingerprint density at radius 1 is 1.58 bits per heavy atom. The van der Waals surface area contributed by atoms with E-state index >= 15 is 0 Å². The van der Waals surface area contributed by atoms with Crippen molar-refractivity contribution in [2.45, 2.75) is 38.6 Å². The summed E-state index contributed by atoms with van der Waals surface area (Å²) >= 11 is 0. The zero-order valence-corrected chi connectivity index (χ0v) is 11.9. The minimum absolute atomic E-state index is 0.0508. The van der Waals surface area contributed by atoms with Crippen LogP contribution in [0.2, 0.25) is 0 Å². The first-order valence-electron chi connectivity index (χ1n) is 7.23. The van der Waals surface area contributed by atoms with Crippen molar-refractivity contribution in [1.82, 2.24) is 20.0 Å². The monoisotopic (exact) mass is 264 g/mol. The number of aromatic nitrogens is 2. The molecule has 1 aromatic heterocycles. The molecule has 0 radical (unpaired) electrons. The first-order valence-corrected chi connectivity index (χ1v) is 7.23. The lowest BCUT2D eigenvalue weighted by Crippen LogP contribution is -2.46. The van der Waals surface area contributed by atoms with Crippen molar-refractivity contribution >= 4 is 5.91 Å². The normalized spacial score (nSPS) is 19.4. The Kier molecular flexibility index (Phi) is 4.96. The van der Waals surface area contributed by atoms with Gasteiger partial charge in [-0.15, -0.1) is 0 Å². The minimum Gasteiger partial charge on any atom is -0.336 e. The smallest absolute Gasteiger partial charge is 0.274 e. The number of carbonyl (C=O) groups excluding carboxylic acids is 1. The van der Waals surface area contributed by atoms with Crippen molar-refractivity contribution in [2.24, 2.45) is 7.05 Å². The molecule has 1 saturated heterocycles. The Labute approximate surface area is 115 Å². The predicted molar refractivity (Wildman–Crippen MR) is 75.0 cm³/mol. The number of nitrogens with one attached hydrogen (secondary N) is 1. The summed E-state index contributed by atoms with van der Waals surface area (Å²) in [6.07, 6.45) is 6.46. The molecule has 1 unspecified atom stereocenters. The van der Waals surface area contributed by atoms with Crippen molar-refractivity contribution in [3.63, 3.8) is 0 Å². The molecular formula is C14H24N4O. The molecule has 1 aliphatic heterocycles. The molecule has 5 nitrogen and oxygen atoms in total. The lowest BCUT2D eigenvalue weighted by atomic mass is 10.0. The van der Waals surface area contributed by atoms with Crippen LogP contribution in [0.25, 0.3) is 0 Å². The van der Waals surface area contributed by atoms with Gasteiger partial charge in [-0.05, 0) is 31.9 Å². The molecule has 106 valence electrons. The van der Waals surface area contributed by atoms with Gasteiger partial charge < -0.3 is 10.2 Å². The summed E-state index contributed by atoms with van der Waals surface area (Å²) < 4.78 is 1.68. The van der Waals surface area contributed by atoms with Gasteiger partial charge in [-0.1, -0.05) is 13.3 Å². The van der Waals surface area contributed by atoms with E-state index in [1.54, 1.807) is 10.7 Å². The SMILES string of the molecule is CCCN(CC1CCCCN1)C(=O)c1ccn(C)n1. The Hall–Kier alpha value is -1.36. The Bertz CT molecular complexity index is 409. The third-order valence-corrected chi connectivity index (χ3v) is 3.57. The molecule has 2 rings (SSSR count). The largest absolute Gasteiger partial charge is 0.336 e. The van der Waals surface area contributed by atoms with Gasteiger partial charge in [0.05, 0.1) is 0 Å². The van der Waals surface area contributed by atoms with Crippen molar-refractivity contribution in [3.05, 3.63) is 18.0 Å². The molecule has 0 spiro atoms. The van der Waals surface area contributed by atoms with E-state index in [-0.39, 0.29) is 5.91 Å². The van der Waals surface area contributed by atoms with Gasteiger partial charge in [0.2, 0.25) is 0 Å². The van der Waals surface area contributed by atoms with E-state index in [1.807, 2.05) is 18.1 Å². The van der Waals surface area contributed by atoms with Gasteiger partial charge in [0.25, 0.3) is 5.91 Å². The number of aryl methyl sites for hydroxylation is 1. The van der Waals surface area contributed by atoms with E-state index in [2.05, 4.69) is 17.3 Å². The van der Waals surface area contributed by atoms with Crippen molar-refractivity contribution < 1.29 is 4.79 Å². The molecule has 19 heavy (non-hydrogen) atoms. The van der Waals surface area contributed by atoms with E-state index in [0.717, 1.165) is 32.5 Å². The van der Waals surface area contributed by atoms with Crippen LogP contribution in [0.1, 0.15) is 43.1 Å². The lowest BCUT2D eigenvalue weighted by Gasteiger charge is -2.30. The van der Waals surface area contributed by atoms with Crippen LogP contribution in [-0.4, -0.2) is 46.3 Å². The van der Waals surface area contributed by atoms with Crippen LogP contribution in [0.15, 0.2) is 12.3 Å². The third-order valence-electron chi connectivity index (χ3n) is 3.57. The van der Waals surface area contributed by atoms with E-state index in [0.29, 0.717) is 11.7 Å². The summed E-state index contributed by atoms with van der Waals surface area (Å²) in [7, 11) is 1.84. The second-order valence-corrected chi connectivity index (χ2v) is 5.27. The van der Waals surface area contributed by atoms with Crippen LogP contribution in [0.5, 0.6) is 0 Å². The first-order chi connectivity index (χ1) is 9.20. The Morgan fingerprint density at radius 2 is 2.42 bits per heavy atom. The Morgan fingerprint density at radius 3 is 3.00 bits per heavy atom. The fourth-order valence-electron chi connectivity index (χ4n) is 2.58. The van der Waals surface area contributed by atoms with Crippen molar-refractivity contribution in [2.75, 3.05) is 19.6 Å². The molecule has 2 heterocycles. The highest BCUT2D eigenvalue weighted by Crippen LogP contribution is 2.11. The number of piperidine rings is 1. The van der Waals surface area contributed by atoms with Crippen LogP contribution >= 0.6 is 0 Å². The van der Waals surface area contributed by atoms with E-state index in [9.17, 15) is 4.79 Å². The summed E-state index contributed by atoms with van der Waals surface area (Å²) in [5.74, 6) is 0.0508. The van der Waals surface area contributed by atoms with Crippen molar-refractivity contribution in [3.8, 4) is 0 Å². The molecule has 1 aromatic rings. The van der Waals surface area contributed by atoms with Gasteiger partial charge in [0, 0.05) is 32.4 Å². The van der Waals surface area contributed by atoms with Crippen LogP contribution in [-0.2, 0) is 7.05 Å². The molecule has 1 fully saturated rings. The summed E-state index contributed by atoms with van der Waals surface area (Å²) in [4.78, 5) is 14.4. The molecule has 0 aliphatic carbocycles. The highest BCUT2D eigenvalue weighted by atomic mass is 16.2. The van der Waals surface area contributed by atoms with Crippen LogP contribution in [0.4, 0.5) is 0 Å². The lowest BCUT2D eigenvalue weighted by molar-refractivity contribution is 0.0725. The number of rotatable bonds is 5. The van der Waals surface area contributed by atoms with E-state index < -0.39 is 0 Å². The quantitative estimate of drug-likeness (QED) is 0.875. The highest BCUT2D eigenvalue weighted by Gasteiger charge is 2.22. The Balaban J connectivity index is 1.99. The standard InChI is InChI=1S/C14H24N4O/c1-3-9-18(11-12-6-4-5-8-15-12)14(19)13-7-10-17(2)16-13/h7,10,12,15H,3-6,8-9,11H2,1-2H3. The van der Waals surface area contributed by atoms with Crippen LogP contribution < -0.4 is 5.32 Å². The molecule has 0 aromatic carbocycles. The van der Waals surface area contributed by atoms with Gasteiger partial charge in [0.1, 0.15) is 5.69 Å². The second-order valence-electron chi connectivity index (χ2n) is 5.27. The molecule has 1 atom stereocenters. The van der Waals surface area contributed by atoms with Gasteiger partial charge in [0.15, 0.2) is 0 Å². The molecule has 1 N–H and O–H groups in total. The summed E-state index contributed by atoms with van der Waals surface area (Å²) in [5, 5.41) is 7.71. The molecule has 1 aliphatic rings. The fourth-order valence-corrected chi connectivity index (χ4v) is 2.58. The highest BCUT2D eigenvalue weighted by molar-refractivity contribution is 5.92.